The first kappa shape index (κ1) is 14.3. The fourth-order valence-corrected chi connectivity index (χ4v) is 2.10. The van der Waals surface area contributed by atoms with E-state index in [1.165, 1.54) is 4.90 Å². The quantitative estimate of drug-likeness (QED) is 0.934. The number of aromatic nitrogens is 2. The minimum atomic E-state index is -0.942. The molecule has 1 N–H and O–H groups in total. The van der Waals surface area contributed by atoms with E-state index >= 15 is 0 Å². The second-order valence-corrected chi connectivity index (χ2v) is 4.93. The van der Waals surface area contributed by atoms with Crippen molar-refractivity contribution in [3.8, 4) is 0 Å². The third-order valence-corrected chi connectivity index (χ3v) is 3.19. The van der Waals surface area contributed by atoms with E-state index in [0.29, 0.717) is 22.1 Å². The minimum Gasteiger partial charge on any atom is -0.481 e. The lowest BCUT2D eigenvalue weighted by Gasteiger charge is -2.16. The number of hydrogen-bond donors (Lipinski definition) is 1. The molecule has 2 aromatic heterocycles. The molecule has 0 radical (unpaired) electrons. The Morgan fingerprint density at radius 3 is 2.80 bits per heavy atom. The molecule has 0 spiro atoms. The molecule has 2 heterocycles. The van der Waals surface area contributed by atoms with E-state index in [1.54, 1.807) is 36.7 Å². The van der Waals surface area contributed by atoms with Gasteiger partial charge in [-0.3, -0.25) is 14.0 Å². The monoisotopic (exact) mass is 295 g/mol. The number of fused-ring (bicyclic) bond motifs is 1. The van der Waals surface area contributed by atoms with Crippen LogP contribution in [0.3, 0.4) is 0 Å². The highest BCUT2D eigenvalue weighted by atomic mass is 35.5. The van der Waals surface area contributed by atoms with Crippen LogP contribution in [-0.4, -0.2) is 44.9 Å². The van der Waals surface area contributed by atoms with Gasteiger partial charge >= 0.3 is 5.97 Å². The second kappa shape index (κ2) is 5.50. The van der Waals surface area contributed by atoms with Crippen molar-refractivity contribution in [2.24, 2.45) is 0 Å². The van der Waals surface area contributed by atoms with Crippen molar-refractivity contribution >= 4 is 29.1 Å². The second-order valence-electron chi connectivity index (χ2n) is 4.49. The first-order valence-electron chi connectivity index (χ1n) is 6.01. The zero-order valence-corrected chi connectivity index (χ0v) is 11.9. The summed E-state index contributed by atoms with van der Waals surface area (Å²) in [5.74, 6) is -1.22. The van der Waals surface area contributed by atoms with Crippen molar-refractivity contribution in [1.82, 2.24) is 14.3 Å². The lowest BCUT2D eigenvalue weighted by molar-refractivity contribution is -0.137. The number of carbonyl (C=O) groups excluding carboxylic acids is 1. The van der Waals surface area contributed by atoms with Crippen LogP contribution in [0.5, 0.6) is 0 Å². The standard InChI is InChI=1S/C13H14ClN3O3/c1-8-12(13(20)16(2)6-5-11(18)19)17-7-9(14)3-4-10(17)15-8/h3-4,7H,5-6H2,1-2H3,(H,18,19). The molecular weight excluding hydrogens is 282 g/mol. The van der Waals surface area contributed by atoms with Gasteiger partial charge in [-0.05, 0) is 19.1 Å². The van der Waals surface area contributed by atoms with Gasteiger partial charge in [-0.25, -0.2) is 4.98 Å². The van der Waals surface area contributed by atoms with E-state index in [9.17, 15) is 9.59 Å². The Labute approximate surface area is 120 Å². The van der Waals surface area contributed by atoms with Gasteiger partial charge in [0.1, 0.15) is 11.3 Å². The molecule has 20 heavy (non-hydrogen) atoms. The highest BCUT2D eigenvalue weighted by Gasteiger charge is 2.20. The van der Waals surface area contributed by atoms with Gasteiger partial charge in [-0.1, -0.05) is 11.6 Å². The van der Waals surface area contributed by atoms with E-state index in [-0.39, 0.29) is 18.9 Å². The summed E-state index contributed by atoms with van der Waals surface area (Å²) in [4.78, 5) is 28.6. The molecule has 1 amide bonds. The molecule has 0 aliphatic rings. The number of aliphatic carboxylic acids is 1. The molecular formula is C13H14ClN3O3. The minimum absolute atomic E-state index is 0.0984. The topological polar surface area (TPSA) is 74.9 Å². The molecule has 6 nitrogen and oxygen atoms in total. The van der Waals surface area contributed by atoms with Gasteiger partial charge < -0.3 is 10.0 Å². The summed E-state index contributed by atoms with van der Waals surface area (Å²) < 4.78 is 1.62. The first-order chi connectivity index (χ1) is 9.40. The van der Waals surface area contributed by atoms with Crippen LogP contribution >= 0.6 is 11.6 Å². The number of halogens is 1. The third-order valence-electron chi connectivity index (χ3n) is 2.97. The molecule has 0 fully saturated rings. The SMILES string of the molecule is Cc1nc2ccc(Cl)cn2c1C(=O)N(C)CCC(=O)O. The van der Waals surface area contributed by atoms with Crippen LogP contribution in [0.15, 0.2) is 18.3 Å². The van der Waals surface area contributed by atoms with Crippen LogP contribution in [-0.2, 0) is 4.79 Å². The number of aryl methyl sites for hydroxylation is 1. The zero-order valence-electron chi connectivity index (χ0n) is 11.1. The molecule has 0 saturated heterocycles. The molecule has 0 bridgehead atoms. The Balaban J connectivity index is 2.36. The number of carboxylic acid groups (broad SMARTS) is 1. The van der Waals surface area contributed by atoms with Crippen LogP contribution in [0, 0.1) is 6.92 Å². The Bertz CT molecular complexity index is 681. The van der Waals surface area contributed by atoms with Crippen molar-refractivity contribution in [3.05, 3.63) is 34.7 Å². The molecule has 0 aliphatic carbocycles. The van der Waals surface area contributed by atoms with E-state index in [1.807, 2.05) is 0 Å². The summed E-state index contributed by atoms with van der Waals surface area (Å²) in [6.45, 7) is 1.88. The largest absolute Gasteiger partial charge is 0.481 e. The number of nitrogens with zero attached hydrogens (tertiary/aromatic N) is 3. The molecule has 2 rings (SSSR count). The molecule has 106 valence electrons. The predicted molar refractivity (Wildman–Crippen MR) is 74.2 cm³/mol. The number of carboxylic acids is 1. The molecule has 0 aromatic carbocycles. The predicted octanol–water partition coefficient (Wildman–Crippen LogP) is 1.84. The van der Waals surface area contributed by atoms with Crippen molar-refractivity contribution in [2.45, 2.75) is 13.3 Å². The summed E-state index contributed by atoms with van der Waals surface area (Å²) in [5, 5.41) is 9.16. The molecule has 0 atom stereocenters. The average molecular weight is 296 g/mol. The summed E-state index contributed by atoms with van der Waals surface area (Å²) in [7, 11) is 1.56. The van der Waals surface area contributed by atoms with E-state index < -0.39 is 5.97 Å². The number of pyridine rings is 1. The zero-order chi connectivity index (χ0) is 14.9. The van der Waals surface area contributed by atoms with Gasteiger partial charge in [-0.15, -0.1) is 0 Å². The number of imidazole rings is 1. The number of hydrogen-bond acceptors (Lipinski definition) is 3. The van der Waals surface area contributed by atoms with Crippen LogP contribution < -0.4 is 0 Å². The highest BCUT2D eigenvalue weighted by molar-refractivity contribution is 6.30. The molecule has 0 saturated carbocycles. The first-order valence-corrected chi connectivity index (χ1v) is 6.39. The number of carbonyl (C=O) groups is 2. The highest BCUT2D eigenvalue weighted by Crippen LogP contribution is 2.17. The van der Waals surface area contributed by atoms with Gasteiger partial charge in [-0.2, -0.15) is 0 Å². The van der Waals surface area contributed by atoms with Crippen LogP contribution in [0.4, 0.5) is 0 Å². The fraction of sp³-hybridized carbons (Fsp3) is 0.308. The molecule has 0 aliphatic heterocycles. The van der Waals surface area contributed by atoms with Crippen LogP contribution in [0.2, 0.25) is 5.02 Å². The lowest BCUT2D eigenvalue weighted by atomic mass is 10.3. The maximum absolute atomic E-state index is 12.4. The smallest absolute Gasteiger partial charge is 0.305 e. The summed E-state index contributed by atoms with van der Waals surface area (Å²) >= 11 is 5.94. The Kier molecular flexibility index (Phi) is 3.94. The van der Waals surface area contributed by atoms with Crippen molar-refractivity contribution in [2.75, 3.05) is 13.6 Å². The van der Waals surface area contributed by atoms with Gasteiger partial charge in [0.05, 0.1) is 17.1 Å². The van der Waals surface area contributed by atoms with E-state index in [4.69, 9.17) is 16.7 Å². The van der Waals surface area contributed by atoms with E-state index in [2.05, 4.69) is 4.98 Å². The lowest BCUT2D eigenvalue weighted by Crippen LogP contribution is -2.30. The van der Waals surface area contributed by atoms with Crippen molar-refractivity contribution in [3.63, 3.8) is 0 Å². The van der Waals surface area contributed by atoms with Crippen molar-refractivity contribution < 1.29 is 14.7 Å². The molecule has 0 unspecified atom stereocenters. The van der Waals surface area contributed by atoms with Crippen LogP contribution in [0.25, 0.3) is 5.65 Å². The van der Waals surface area contributed by atoms with E-state index in [0.717, 1.165) is 0 Å². The Hall–Kier alpha value is -2.08. The normalized spacial score (nSPS) is 10.8. The van der Waals surface area contributed by atoms with Crippen LogP contribution in [0.1, 0.15) is 22.6 Å². The Morgan fingerprint density at radius 1 is 1.45 bits per heavy atom. The third kappa shape index (κ3) is 2.75. The summed E-state index contributed by atoms with van der Waals surface area (Å²) in [6, 6.07) is 3.43. The van der Waals surface area contributed by atoms with Gasteiger partial charge in [0.2, 0.25) is 0 Å². The summed E-state index contributed by atoms with van der Waals surface area (Å²) in [6.07, 6.45) is 1.52. The molecule has 2 aromatic rings. The fourth-order valence-electron chi connectivity index (χ4n) is 1.94. The maximum Gasteiger partial charge on any atom is 0.305 e. The average Bonchev–Trinajstić information content (AvgIpc) is 2.70. The van der Waals surface area contributed by atoms with Gasteiger partial charge in [0.15, 0.2) is 0 Å². The summed E-state index contributed by atoms with van der Waals surface area (Å²) in [5.41, 5.74) is 1.61. The van der Waals surface area contributed by atoms with Gasteiger partial charge in [0, 0.05) is 19.8 Å². The Morgan fingerprint density at radius 2 is 2.15 bits per heavy atom. The number of amides is 1. The maximum atomic E-state index is 12.4. The number of rotatable bonds is 4. The van der Waals surface area contributed by atoms with Crippen molar-refractivity contribution in [1.29, 1.82) is 0 Å². The van der Waals surface area contributed by atoms with Gasteiger partial charge in [0.25, 0.3) is 5.91 Å². The molecule has 7 heteroatoms.